The molecule has 1 atom stereocenters. The Morgan fingerprint density at radius 2 is 2.29 bits per heavy atom. The number of carbonyl (C=O) groups is 1. The summed E-state index contributed by atoms with van der Waals surface area (Å²) < 4.78 is 0. The fraction of sp³-hybridized carbons (Fsp3) is 0.235. The van der Waals surface area contributed by atoms with Gasteiger partial charge in [-0.05, 0) is 29.8 Å². The minimum absolute atomic E-state index is 0.235. The van der Waals surface area contributed by atoms with E-state index >= 15 is 0 Å². The van der Waals surface area contributed by atoms with E-state index in [2.05, 4.69) is 22.2 Å². The molecule has 3 rings (SSSR count). The van der Waals surface area contributed by atoms with Gasteiger partial charge in [0.15, 0.2) is 5.17 Å². The molecule has 0 bridgehead atoms. The van der Waals surface area contributed by atoms with Gasteiger partial charge in [0, 0.05) is 28.4 Å². The number of nitrogens with zero attached hydrogens (tertiary/aromatic N) is 3. The van der Waals surface area contributed by atoms with Gasteiger partial charge in [0.05, 0.1) is 13.1 Å². The first kappa shape index (κ1) is 16.8. The summed E-state index contributed by atoms with van der Waals surface area (Å²) in [6, 6.07) is 10.6. The summed E-state index contributed by atoms with van der Waals surface area (Å²) in [6.07, 6.45) is 3.47. The number of aliphatic imine (C=N–C) groups is 1. The first-order chi connectivity index (χ1) is 11.6. The highest BCUT2D eigenvalue weighted by Gasteiger charge is 2.26. The fourth-order valence-corrected chi connectivity index (χ4v) is 3.39. The van der Waals surface area contributed by atoms with E-state index in [1.54, 1.807) is 53.3 Å². The lowest BCUT2D eigenvalue weighted by molar-refractivity contribution is 0.233. The van der Waals surface area contributed by atoms with Crippen LogP contribution in [0.4, 0.5) is 10.5 Å². The molecule has 0 aliphatic carbocycles. The molecule has 0 fully saturated rings. The van der Waals surface area contributed by atoms with Gasteiger partial charge in [0.2, 0.25) is 0 Å². The van der Waals surface area contributed by atoms with E-state index in [-0.39, 0.29) is 6.03 Å². The number of halogens is 1. The maximum atomic E-state index is 12.8. The van der Waals surface area contributed by atoms with E-state index in [1.807, 2.05) is 12.1 Å². The topological polar surface area (TPSA) is 57.6 Å². The van der Waals surface area contributed by atoms with Crippen LogP contribution in [0.25, 0.3) is 0 Å². The van der Waals surface area contributed by atoms with E-state index in [1.165, 1.54) is 0 Å². The Morgan fingerprint density at radius 1 is 1.42 bits per heavy atom. The largest absolute Gasteiger partial charge is 0.328 e. The second-order valence-corrected chi connectivity index (χ2v) is 7.28. The average molecular weight is 361 g/mol. The third-order valence-corrected chi connectivity index (χ3v) is 4.75. The van der Waals surface area contributed by atoms with E-state index in [0.717, 1.165) is 10.7 Å². The van der Waals surface area contributed by atoms with Crippen LogP contribution in [-0.4, -0.2) is 32.9 Å². The van der Waals surface area contributed by atoms with Gasteiger partial charge in [0.25, 0.3) is 0 Å². The summed E-state index contributed by atoms with van der Waals surface area (Å²) in [5.74, 6) is 0. The molecule has 7 heteroatoms. The molecule has 5 nitrogen and oxygen atoms in total. The minimum atomic E-state index is -0.235. The maximum absolute atomic E-state index is 12.8. The number of amidine groups is 1. The maximum Gasteiger partial charge on any atom is 0.328 e. The van der Waals surface area contributed by atoms with Gasteiger partial charge in [-0.25, -0.2) is 4.79 Å². The van der Waals surface area contributed by atoms with Crippen molar-refractivity contribution < 1.29 is 4.79 Å². The third kappa shape index (κ3) is 4.27. The Morgan fingerprint density at radius 3 is 2.96 bits per heavy atom. The Hall–Kier alpha value is -2.05. The van der Waals surface area contributed by atoms with Crippen LogP contribution in [0, 0.1) is 0 Å². The number of benzene rings is 1. The van der Waals surface area contributed by atoms with Crippen molar-refractivity contribution in [2.24, 2.45) is 4.99 Å². The summed E-state index contributed by atoms with van der Waals surface area (Å²) in [4.78, 5) is 23.0. The highest BCUT2D eigenvalue weighted by Crippen LogP contribution is 2.25. The summed E-state index contributed by atoms with van der Waals surface area (Å²) >= 11 is 7.59. The van der Waals surface area contributed by atoms with Crippen LogP contribution < -0.4 is 5.32 Å². The van der Waals surface area contributed by atoms with Crippen molar-refractivity contribution in [2.45, 2.75) is 18.7 Å². The molecular formula is C17H17ClN4OS. The Balaban J connectivity index is 1.79. The summed E-state index contributed by atoms with van der Waals surface area (Å²) in [7, 11) is 0. The Kier molecular flexibility index (Phi) is 5.37. The van der Waals surface area contributed by atoms with Gasteiger partial charge in [-0.15, -0.1) is 0 Å². The molecule has 1 aromatic carbocycles. The zero-order valence-corrected chi connectivity index (χ0v) is 14.7. The average Bonchev–Trinajstić information content (AvgIpc) is 2.99. The normalized spacial score (nSPS) is 16.6. The van der Waals surface area contributed by atoms with Crippen molar-refractivity contribution in [2.75, 3.05) is 11.9 Å². The van der Waals surface area contributed by atoms with Crippen LogP contribution >= 0.6 is 23.4 Å². The number of rotatable bonds is 3. The van der Waals surface area contributed by atoms with Crippen LogP contribution in [0.5, 0.6) is 0 Å². The molecular weight excluding hydrogens is 344 g/mol. The predicted molar refractivity (Wildman–Crippen MR) is 99.6 cm³/mol. The van der Waals surface area contributed by atoms with Gasteiger partial charge < -0.3 is 5.32 Å². The van der Waals surface area contributed by atoms with E-state index in [9.17, 15) is 4.79 Å². The Labute approximate surface area is 150 Å². The lowest BCUT2D eigenvalue weighted by atomic mass is 10.3. The summed E-state index contributed by atoms with van der Waals surface area (Å²) in [5, 5.41) is 4.56. The molecule has 0 radical (unpaired) electrons. The Bertz CT molecular complexity index is 753. The van der Waals surface area contributed by atoms with Crippen LogP contribution in [0.15, 0.2) is 53.8 Å². The molecule has 0 saturated carbocycles. The molecule has 1 aliphatic rings. The minimum Gasteiger partial charge on any atom is -0.307 e. The lowest BCUT2D eigenvalue weighted by Crippen LogP contribution is -2.37. The molecule has 0 saturated heterocycles. The van der Waals surface area contributed by atoms with Crippen molar-refractivity contribution in [3.05, 3.63) is 59.4 Å². The van der Waals surface area contributed by atoms with Crippen LogP contribution in [-0.2, 0) is 6.54 Å². The van der Waals surface area contributed by atoms with E-state index in [0.29, 0.717) is 29.0 Å². The molecule has 2 aromatic rings. The number of aromatic nitrogens is 1. The molecule has 124 valence electrons. The number of hydrogen-bond acceptors (Lipinski definition) is 4. The SMILES string of the molecule is CC1CN=C(N(Cc2cccnc2)C(=O)Nc2cccc(Cl)c2)S1. The standard InChI is InChI=1S/C17H17ClN4OS/c1-12-9-20-17(24-12)22(11-13-4-3-7-19-10-13)16(23)21-15-6-2-5-14(18)8-15/h2-8,10,12H,9,11H2,1H3,(H,21,23). The van der Waals surface area contributed by atoms with Crippen LogP contribution in [0.2, 0.25) is 5.02 Å². The van der Waals surface area contributed by atoms with Gasteiger partial charge in [-0.2, -0.15) is 0 Å². The van der Waals surface area contributed by atoms with Crippen molar-refractivity contribution in [3.63, 3.8) is 0 Å². The lowest BCUT2D eigenvalue weighted by Gasteiger charge is -2.22. The smallest absolute Gasteiger partial charge is 0.307 e. The number of hydrogen-bond donors (Lipinski definition) is 1. The van der Waals surface area contributed by atoms with E-state index in [4.69, 9.17) is 11.6 Å². The number of thioether (sulfide) groups is 1. The highest BCUT2D eigenvalue weighted by molar-refractivity contribution is 8.14. The molecule has 1 aliphatic heterocycles. The first-order valence-electron chi connectivity index (χ1n) is 7.56. The monoisotopic (exact) mass is 360 g/mol. The molecule has 0 spiro atoms. The molecule has 2 amide bonds. The molecule has 1 unspecified atom stereocenters. The van der Waals surface area contributed by atoms with Crippen molar-refractivity contribution >= 4 is 40.2 Å². The number of urea groups is 1. The predicted octanol–water partition coefficient (Wildman–Crippen LogP) is 4.26. The number of pyridine rings is 1. The molecule has 24 heavy (non-hydrogen) atoms. The van der Waals surface area contributed by atoms with Crippen molar-refractivity contribution in [1.82, 2.24) is 9.88 Å². The number of anilines is 1. The second-order valence-electron chi connectivity index (χ2n) is 5.44. The van der Waals surface area contributed by atoms with E-state index < -0.39 is 0 Å². The second kappa shape index (κ2) is 7.68. The number of carbonyl (C=O) groups excluding carboxylic acids is 1. The van der Waals surface area contributed by atoms with Crippen molar-refractivity contribution in [3.8, 4) is 0 Å². The number of nitrogens with one attached hydrogen (secondary N) is 1. The van der Waals surface area contributed by atoms with Gasteiger partial charge >= 0.3 is 6.03 Å². The number of amides is 2. The zero-order chi connectivity index (χ0) is 16.9. The van der Waals surface area contributed by atoms with Gasteiger partial charge in [-0.1, -0.05) is 42.4 Å². The van der Waals surface area contributed by atoms with Crippen LogP contribution in [0.1, 0.15) is 12.5 Å². The summed E-state index contributed by atoms with van der Waals surface area (Å²) in [6.45, 7) is 3.23. The van der Waals surface area contributed by atoms with Crippen LogP contribution in [0.3, 0.4) is 0 Å². The molecule has 1 N–H and O–H groups in total. The molecule has 1 aromatic heterocycles. The quantitative estimate of drug-likeness (QED) is 0.889. The zero-order valence-electron chi connectivity index (χ0n) is 13.1. The highest BCUT2D eigenvalue weighted by atomic mass is 35.5. The first-order valence-corrected chi connectivity index (χ1v) is 8.81. The summed E-state index contributed by atoms with van der Waals surface area (Å²) in [5.41, 5.74) is 1.60. The van der Waals surface area contributed by atoms with Crippen molar-refractivity contribution in [1.29, 1.82) is 0 Å². The fourth-order valence-electron chi connectivity index (χ4n) is 2.27. The van der Waals surface area contributed by atoms with Gasteiger partial charge in [-0.3, -0.25) is 14.9 Å². The van der Waals surface area contributed by atoms with Gasteiger partial charge in [0.1, 0.15) is 0 Å². The third-order valence-electron chi connectivity index (χ3n) is 3.41. The molecule has 2 heterocycles.